The summed E-state index contributed by atoms with van der Waals surface area (Å²) in [6.45, 7) is 13.1. The second-order valence-electron chi connectivity index (χ2n) is 8.71. The maximum absolute atomic E-state index is 13.0. The van der Waals surface area contributed by atoms with Crippen molar-refractivity contribution in [2.24, 2.45) is 11.3 Å². The zero-order valence-electron chi connectivity index (χ0n) is 18.7. The fourth-order valence-corrected chi connectivity index (χ4v) is 3.36. The molecule has 0 aromatic rings. The molecule has 156 valence electrons. The number of Topliss-reactive ketones (excluding diaryl/α,β-unsaturated/α-hetero) is 2. The summed E-state index contributed by atoms with van der Waals surface area (Å²) in [7, 11) is 3.42. The van der Waals surface area contributed by atoms with Crippen molar-refractivity contribution in [3.8, 4) is 0 Å². The minimum absolute atomic E-state index is 0.0323. The van der Waals surface area contributed by atoms with E-state index in [1.54, 1.807) is 58.5 Å². The van der Waals surface area contributed by atoms with Crippen LogP contribution < -0.4 is 0 Å². The van der Waals surface area contributed by atoms with E-state index in [0.717, 1.165) is 0 Å². The lowest BCUT2D eigenvalue weighted by Gasteiger charge is -2.32. The number of hydrogen-bond donors (Lipinski definition) is 0. The Labute approximate surface area is 168 Å². The maximum atomic E-state index is 13.0. The van der Waals surface area contributed by atoms with Gasteiger partial charge in [0.05, 0.1) is 0 Å². The lowest BCUT2D eigenvalue weighted by Crippen LogP contribution is -2.44. The van der Waals surface area contributed by atoms with Crippen LogP contribution in [0.3, 0.4) is 0 Å². The average molecular weight is 391 g/mol. The van der Waals surface area contributed by atoms with Gasteiger partial charge < -0.3 is 9.80 Å². The molecule has 0 saturated heterocycles. The first-order valence-corrected chi connectivity index (χ1v) is 9.69. The molecule has 2 amide bonds. The van der Waals surface area contributed by atoms with E-state index < -0.39 is 5.41 Å². The molecule has 0 unspecified atom stereocenters. The minimum Gasteiger partial charge on any atom is -0.344 e. The third-order valence-corrected chi connectivity index (χ3v) is 5.50. The van der Waals surface area contributed by atoms with Crippen LogP contribution in [0.1, 0.15) is 54.9 Å². The Bertz CT molecular complexity index is 756. The third-order valence-electron chi connectivity index (χ3n) is 5.50. The smallest absolute Gasteiger partial charge is 0.228 e. The van der Waals surface area contributed by atoms with Crippen molar-refractivity contribution in [3.63, 3.8) is 0 Å². The molecule has 1 aliphatic rings. The predicted octanol–water partition coefficient (Wildman–Crippen LogP) is 2.78. The van der Waals surface area contributed by atoms with Gasteiger partial charge in [0.15, 0.2) is 11.6 Å². The van der Waals surface area contributed by atoms with Gasteiger partial charge in [0, 0.05) is 60.8 Å². The van der Waals surface area contributed by atoms with Crippen LogP contribution in [0.2, 0.25) is 0 Å². The van der Waals surface area contributed by atoms with E-state index in [1.807, 2.05) is 13.8 Å². The van der Waals surface area contributed by atoms with Crippen LogP contribution in [0, 0.1) is 11.3 Å². The summed E-state index contributed by atoms with van der Waals surface area (Å²) in [5.74, 6) is -0.461. The van der Waals surface area contributed by atoms with Gasteiger partial charge in [-0.2, -0.15) is 0 Å². The van der Waals surface area contributed by atoms with E-state index in [2.05, 4.69) is 0 Å². The largest absolute Gasteiger partial charge is 0.344 e. The molecule has 0 bridgehead atoms. The number of amides is 2. The highest BCUT2D eigenvalue weighted by Crippen LogP contribution is 2.34. The molecular weight excluding hydrogens is 356 g/mol. The van der Waals surface area contributed by atoms with Gasteiger partial charge in [-0.15, -0.1) is 0 Å². The highest BCUT2D eigenvalue weighted by Gasteiger charge is 2.37. The quantitative estimate of drug-likeness (QED) is 0.627. The lowest BCUT2D eigenvalue weighted by molar-refractivity contribution is -0.140. The van der Waals surface area contributed by atoms with Crippen molar-refractivity contribution in [3.05, 3.63) is 22.3 Å². The molecule has 6 heteroatoms. The molecule has 1 rings (SSSR count). The Morgan fingerprint density at radius 3 is 1.82 bits per heavy atom. The van der Waals surface area contributed by atoms with Gasteiger partial charge >= 0.3 is 0 Å². The second kappa shape index (κ2) is 8.84. The fourth-order valence-electron chi connectivity index (χ4n) is 3.36. The van der Waals surface area contributed by atoms with E-state index >= 15 is 0 Å². The van der Waals surface area contributed by atoms with Crippen molar-refractivity contribution < 1.29 is 19.2 Å². The van der Waals surface area contributed by atoms with Crippen LogP contribution in [0.5, 0.6) is 0 Å². The molecule has 0 spiro atoms. The summed E-state index contributed by atoms with van der Waals surface area (Å²) in [6.07, 6.45) is 0.206. The van der Waals surface area contributed by atoms with E-state index in [9.17, 15) is 19.2 Å². The summed E-state index contributed by atoms with van der Waals surface area (Å²) in [4.78, 5) is 53.2. The van der Waals surface area contributed by atoms with Gasteiger partial charge in [-0.25, -0.2) is 0 Å². The number of carbonyl (C=O) groups is 4. The molecule has 0 radical (unpaired) electrons. The van der Waals surface area contributed by atoms with E-state index in [1.165, 1.54) is 0 Å². The van der Waals surface area contributed by atoms with Gasteiger partial charge in [0.25, 0.3) is 0 Å². The topological polar surface area (TPSA) is 74.8 Å². The second-order valence-corrected chi connectivity index (χ2v) is 8.71. The standard InChI is InChI=1S/C22H34N2O4/c1-13(2)20(27)23(8)10-11-24(9)21(28)22(6,7)12-17-16(5)18(25)14(3)15(4)19(17)26/h13H,10-12H2,1-9H3. The Morgan fingerprint density at radius 2 is 1.32 bits per heavy atom. The first kappa shape index (κ1) is 23.8. The Morgan fingerprint density at radius 1 is 0.857 bits per heavy atom. The van der Waals surface area contributed by atoms with Gasteiger partial charge in [-0.1, -0.05) is 27.7 Å². The van der Waals surface area contributed by atoms with Crippen molar-refractivity contribution in [1.82, 2.24) is 9.80 Å². The summed E-state index contributed by atoms with van der Waals surface area (Å²) < 4.78 is 0. The summed E-state index contributed by atoms with van der Waals surface area (Å²) in [5, 5.41) is 0. The Kier molecular flexibility index (Phi) is 7.52. The Balaban J connectivity index is 2.89. The van der Waals surface area contributed by atoms with Crippen molar-refractivity contribution >= 4 is 23.4 Å². The van der Waals surface area contributed by atoms with Crippen molar-refractivity contribution in [1.29, 1.82) is 0 Å². The molecule has 1 aliphatic carbocycles. The number of allylic oxidation sites excluding steroid dienone is 4. The number of ketones is 2. The normalized spacial score (nSPS) is 15.5. The van der Waals surface area contributed by atoms with E-state index in [-0.39, 0.29) is 35.7 Å². The zero-order valence-corrected chi connectivity index (χ0v) is 18.7. The van der Waals surface area contributed by atoms with Gasteiger partial charge in [0.2, 0.25) is 11.8 Å². The molecule has 6 nitrogen and oxygen atoms in total. The van der Waals surface area contributed by atoms with Gasteiger partial charge in [0.1, 0.15) is 0 Å². The molecule has 0 fully saturated rings. The number of likely N-dealkylation sites (N-methyl/N-ethyl adjacent to an activating group) is 2. The maximum Gasteiger partial charge on any atom is 0.228 e. The number of rotatable bonds is 7. The highest BCUT2D eigenvalue weighted by atomic mass is 16.2. The van der Waals surface area contributed by atoms with E-state index in [4.69, 9.17) is 0 Å². The van der Waals surface area contributed by atoms with Crippen LogP contribution in [0.15, 0.2) is 22.3 Å². The van der Waals surface area contributed by atoms with Crippen LogP contribution >= 0.6 is 0 Å². The molecule has 0 aromatic heterocycles. The van der Waals surface area contributed by atoms with Crippen LogP contribution in [-0.2, 0) is 19.2 Å². The monoisotopic (exact) mass is 390 g/mol. The SMILES string of the molecule is CC1=C(C)C(=O)C(CC(C)(C)C(=O)N(C)CCN(C)C(=O)C(C)C)=C(C)C1=O. The van der Waals surface area contributed by atoms with E-state index in [0.29, 0.717) is 35.4 Å². The first-order valence-electron chi connectivity index (χ1n) is 9.69. The highest BCUT2D eigenvalue weighted by molar-refractivity contribution is 6.24. The number of hydrogen-bond acceptors (Lipinski definition) is 4. The number of carbonyl (C=O) groups excluding carboxylic acids is 4. The number of nitrogens with zero attached hydrogens (tertiary/aromatic N) is 2. The summed E-state index contributed by atoms with van der Waals surface area (Å²) in [6, 6.07) is 0. The Hall–Kier alpha value is -2.24. The molecule has 0 atom stereocenters. The molecule has 0 aromatic carbocycles. The molecule has 0 aliphatic heterocycles. The van der Waals surface area contributed by atoms with Crippen molar-refractivity contribution in [2.75, 3.05) is 27.2 Å². The zero-order chi connectivity index (χ0) is 22.0. The molecule has 28 heavy (non-hydrogen) atoms. The predicted molar refractivity (Wildman–Crippen MR) is 110 cm³/mol. The fraction of sp³-hybridized carbons (Fsp3) is 0.636. The average Bonchev–Trinajstić information content (AvgIpc) is 2.64. The van der Waals surface area contributed by atoms with Gasteiger partial charge in [-0.3, -0.25) is 19.2 Å². The van der Waals surface area contributed by atoms with Crippen molar-refractivity contribution in [2.45, 2.75) is 54.9 Å². The van der Waals surface area contributed by atoms with Gasteiger partial charge in [-0.05, 0) is 27.2 Å². The molecular formula is C22H34N2O4. The van der Waals surface area contributed by atoms with Crippen LogP contribution in [0.4, 0.5) is 0 Å². The third kappa shape index (κ3) is 4.97. The summed E-state index contributed by atoms with van der Waals surface area (Å²) in [5.41, 5.74) is 0.945. The lowest BCUT2D eigenvalue weighted by atomic mass is 9.76. The van der Waals surface area contributed by atoms with Crippen LogP contribution in [-0.4, -0.2) is 60.4 Å². The first-order chi connectivity index (χ1) is 12.7. The molecule has 0 N–H and O–H groups in total. The summed E-state index contributed by atoms with van der Waals surface area (Å²) >= 11 is 0. The van der Waals surface area contributed by atoms with Crippen LogP contribution in [0.25, 0.3) is 0 Å². The molecule has 0 saturated carbocycles. The minimum atomic E-state index is -0.840. The molecule has 0 heterocycles.